The number of fused-ring (bicyclic) bond motifs is 5. The maximum Gasteiger partial charge on any atom is 0.135 e. The summed E-state index contributed by atoms with van der Waals surface area (Å²) in [6.45, 7) is 28.3. The molecule has 0 amide bonds. The Labute approximate surface area is 548 Å². The van der Waals surface area contributed by atoms with Gasteiger partial charge in [-0.2, -0.15) is 12.1 Å². The topological polar surface area (TPSA) is 33.5 Å². The van der Waals surface area contributed by atoms with Crippen LogP contribution in [-0.4, -0.2) is 9.55 Å². The number of aromatic nitrogens is 2. The van der Waals surface area contributed by atoms with Crippen LogP contribution >= 0.6 is 0 Å². The van der Waals surface area contributed by atoms with Gasteiger partial charge in [-0.3, -0.25) is 0 Å². The van der Waals surface area contributed by atoms with Gasteiger partial charge in [0.15, 0.2) is 0 Å². The maximum atomic E-state index is 10.1. The van der Waals surface area contributed by atoms with Crippen molar-refractivity contribution < 1.29 is 49.1 Å². The van der Waals surface area contributed by atoms with E-state index in [2.05, 4.69) is 84.9 Å². The van der Waals surface area contributed by atoms with Gasteiger partial charge in [-0.1, -0.05) is 223 Å². The molecule has 6 heteroatoms. The molecule has 13 rings (SSSR count). The third kappa shape index (κ3) is 10.7. The van der Waals surface area contributed by atoms with Crippen molar-refractivity contribution in [2.24, 2.45) is 0 Å². The molecule has 2 aromatic heterocycles. The molecule has 2 aliphatic rings. The predicted octanol–water partition coefficient (Wildman–Crippen LogP) is 21.9. The minimum absolute atomic E-state index is 0. The normalized spacial score (nSPS) is 17.5. The third-order valence-corrected chi connectivity index (χ3v) is 16.7. The van der Waals surface area contributed by atoms with Gasteiger partial charge in [0.25, 0.3) is 0 Å². The van der Waals surface area contributed by atoms with E-state index in [4.69, 9.17) is 22.1 Å². The second kappa shape index (κ2) is 21.8. The minimum Gasteiger partial charge on any atom is -0.509 e. The molecule has 0 saturated carbocycles. The Morgan fingerprint density at radius 3 is 1.86 bits per heavy atom. The zero-order valence-corrected chi connectivity index (χ0v) is 53.0. The molecule has 0 bridgehead atoms. The first-order valence-electron chi connectivity index (χ1n) is 37.4. The molecule has 1 aliphatic heterocycles. The summed E-state index contributed by atoms with van der Waals surface area (Å²) in [5, 5.41) is 0.601. The fourth-order valence-corrected chi connectivity index (χ4v) is 11.8. The largest absolute Gasteiger partial charge is 0.509 e. The summed E-state index contributed by atoms with van der Waals surface area (Å²) in [5.41, 5.74) is 5.94. The summed E-state index contributed by atoms with van der Waals surface area (Å²) < 4.78 is 164. The van der Waals surface area contributed by atoms with E-state index in [1.54, 1.807) is 49.6 Å². The van der Waals surface area contributed by atoms with Crippen LogP contribution in [0, 0.1) is 18.8 Å². The summed E-state index contributed by atoms with van der Waals surface area (Å²) in [5.74, 6) is 0.613. The number of pyridine rings is 1. The molecular formula is C80H77N4OPt-3. The van der Waals surface area contributed by atoms with Crippen molar-refractivity contribution >= 4 is 44.6 Å². The number of nitrogens with zero attached hydrogens (tertiary/aromatic N) is 4. The van der Waals surface area contributed by atoms with Gasteiger partial charge in [0, 0.05) is 78.0 Å². The van der Waals surface area contributed by atoms with Gasteiger partial charge in [-0.25, -0.2) is 4.98 Å². The van der Waals surface area contributed by atoms with Gasteiger partial charge in [0.05, 0.1) is 23.3 Å². The second-order valence-electron chi connectivity index (χ2n) is 26.8. The van der Waals surface area contributed by atoms with E-state index in [0.29, 0.717) is 44.8 Å². The molecule has 0 unspecified atom stereocenters. The molecule has 11 aromatic rings. The Bertz CT molecular complexity index is 5370. The average molecular weight is 1320 g/mol. The summed E-state index contributed by atoms with van der Waals surface area (Å²) in [7, 11) is 0. The van der Waals surface area contributed by atoms with Crippen molar-refractivity contribution in [3.63, 3.8) is 0 Å². The van der Waals surface area contributed by atoms with E-state index in [1.807, 2.05) is 79.7 Å². The molecule has 0 fully saturated rings. The predicted molar refractivity (Wildman–Crippen MR) is 357 cm³/mol. The second-order valence-corrected chi connectivity index (χ2v) is 26.8. The SMILES string of the molecule is [2H]c1c([2H])c([2H])c(-c2cnc(-n3c4[c-]c(Oc5[c-]c(N6[CH-]N(c7c(-c8ccc9c(c8)C(C)(C)CCC9(C)C)cc(C(C)(C)C)cc7-c7c([2H])c([2H])c(-c8c([2H])c([2H])c([2H])c(C(C)(C)C)c8[2H])c([2H])c7[2H])c7ccccc76)ccc5)ccc4c4c([2H])c([2H])c([2H])c([2H])c43)cc2C(C)(C)C)c([2H])c1[2H].[Pt]. The molecule has 0 N–H and O–H groups in total. The van der Waals surface area contributed by atoms with Crippen LogP contribution in [-0.2, 0) is 48.1 Å². The van der Waals surface area contributed by atoms with Gasteiger partial charge in [-0.05, 0) is 137 Å². The summed E-state index contributed by atoms with van der Waals surface area (Å²) >= 11 is 0. The van der Waals surface area contributed by atoms with Crippen molar-refractivity contribution in [3.05, 3.63) is 247 Å². The Kier molecular flexibility index (Phi) is 10.4. The fraction of sp³-hybridized carbons (Fsp3) is 0.250. The van der Waals surface area contributed by atoms with E-state index in [-0.39, 0.29) is 118 Å². The number of ether oxygens (including phenoxy) is 1. The molecule has 3 heterocycles. The minimum atomic E-state index is -0.852. The van der Waals surface area contributed by atoms with E-state index < -0.39 is 94.8 Å². The van der Waals surface area contributed by atoms with Crippen molar-refractivity contribution in [1.82, 2.24) is 9.55 Å². The molecule has 86 heavy (non-hydrogen) atoms. The van der Waals surface area contributed by atoms with Crippen LogP contribution in [0.1, 0.15) is 154 Å². The van der Waals surface area contributed by atoms with Crippen molar-refractivity contribution in [2.75, 3.05) is 9.80 Å². The van der Waals surface area contributed by atoms with Gasteiger partial charge in [0.1, 0.15) is 5.82 Å². The fourth-order valence-electron chi connectivity index (χ4n) is 11.8. The molecule has 436 valence electrons. The van der Waals surface area contributed by atoms with E-state index >= 15 is 0 Å². The monoisotopic (exact) mass is 1320 g/mol. The van der Waals surface area contributed by atoms with Gasteiger partial charge < -0.3 is 19.1 Å². The number of anilines is 4. The van der Waals surface area contributed by atoms with Crippen LogP contribution in [0.3, 0.4) is 0 Å². The van der Waals surface area contributed by atoms with Crippen LogP contribution in [0.2, 0.25) is 0 Å². The van der Waals surface area contributed by atoms with E-state index in [9.17, 15) is 11.0 Å². The molecular weight excluding hydrogens is 1230 g/mol. The van der Waals surface area contributed by atoms with Crippen LogP contribution in [0.25, 0.3) is 72.1 Å². The molecule has 0 atom stereocenters. The molecule has 9 aromatic carbocycles. The molecule has 5 nitrogen and oxygen atoms in total. The van der Waals surface area contributed by atoms with Crippen molar-refractivity contribution in [3.8, 4) is 61.8 Å². The first-order valence-corrected chi connectivity index (χ1v) is 28.9. The van der Waals surface area contributed by atoms with E-state index in [1.165, 1.54) is 17.3 Å². The molecule has 0 spiro atoms. The van der Waals surface area contributed by atoms with Crippen LogP contribution in [0.5, 0.6) is 11.5 Å². The molecule has 1 aliphatic carbocycles. The van der Waals surface area contributed by atoms with Crippen LogP contribution in [0.4, 0.5) is 22.7 Å². The van der Waals surface area contributed by atoms with Crippen molar-refractivity contribution in [2.45, 2.75) is 130 Å². The summed E-state index contributed by atoms with van der Waals surface area (Å²) in [6.07, 6.45) is 3.37. The zero-order valence-electron chi connectivity index (χ0n) is 67.7. The first-order chi connectivity index (χ1) is 47.6. The maximum absolute atomic E-state index is 10.1. The number of rotatable bonds is 9. The Morgan fingerprint density at radius 2 is 1.15 bits per heavy atom. The Balaban J connectivity index is 0.00001000. The molecule has 0 radical (unpaired) electrons. The third-order valence-electron chi connectivity index (χ3n) is 16.7. The van der Waals surface area contributed by atoms with E-state index in [0.717, 1.165) is 29.5 Å². The number of para-hydroxylation sites is 3. The number of hydrogen-bond acceptors (Lipinski definition) is 4. The van der Waals surface area contributed by atoms with Gasteiger partial charge >= 0.3 is 0 Å². The van der Waals surface area contributed by atoms with Crippen molar-refractivity contribution in [1.29, 1.82) is 0 Å². The Hall–Kier alpha value is -7.98. The smallest absolute Gasteiger partial charge is 0.135 e. The average Bonchev–Trinajstić information content (AvgIpc) is 1.69. The first kappa shape index (κ1) is 41.2. The standard InChI is InChI=1S/C80H77N4O.Pt/c1-76(2,3)57-26-21-25-55(43-57)52-33-35-54(36-34-52)64-45-58(77(4,5)6)46-65(56-37-40-67-69(44-56)80(12,13)42-41-79(67,10)11)75(64)83-51-82(71-31-19-20-32-72(71)83)59-27-22-28-60(47-59)85-61-38-39-63-62-29-17-18-30-70(62)84(73(63)48-61)74-49-68(78(7,8)9)66(50-81-74)53-23-15-14-16-24-53;/h14-40,43-46,49-51H,41-42H2,1-13H3;/q-3;/i14D,15D,16D,17D,18D,21D,23D,24D,25D,26D,29D,30D,33D,34D,35D,36D,43D;. The van der Waals surface area contributed by atoms with Crippen LogP contribution in [0.15, 0.2) is 200 Å². The molecule has 0 saturated heterocycles. The number of benzene rings is 9. The van der Waals surface area contributed by atoms with Gasteiger partial charge in [0.2, 0.25) is 0 Å². The van der Waals surface area contributed by atoms with Gasteiger partial charge in [-0.15, -0.1) is 48.1 Å². The van der Waals surface area contributed by atoms with Crippen LogP contribution < -0.4 is 14.5 Å². The number of hydrogen-bond donors (Lipinski definition) is 0. The summed E-state index contributed by atoms with van der Waals surface area (Å²) in [6, 6.07) is 28.3. The summed E-state index contributed by atoms with van der Waals surface area (Å²) in [4.78, 5) is 8.79. The zero-order chi connectivity index (χ0) is 74.2. The Morgan fingerprint density at radius 1 is 0.523 bits per heavy atom. The quantitative estimate of drug-likeness (QED) is 0.135.